The van der Waals surface area contributed by atoms with Gasteiger partial charge in [0.1, 0.15) is 0 Å². The Bertz CT molecular complexity index is 257. The molecule has 1 aliphatic heterocycles. The van der Waals surface area contributed by atoms with Crippen molar-refractivity contribution in [3.8, 4) is 0 Å². The molecule has 1 saturated heterocycles. The second-order valence-electron chi connectivity index (χ2n) is 4.63. The fraction of sp³-hybridized carbons (Fsp3) is 0.833. The van der Waals surface area contributed by atoms with Crippen LogP contribution in [-0.2, 0) is 9.59 Å². The van der Waals surface area contributed by atoms with E-state index < -0.39 is 5.97 Å². The molecule has 1 aliphatic rings. The molecule has 4 nitrogen and oxygen atoms in total. The number of aliphatic carboxylic acids is 1. The van der Waals surface area contributed by atoms with E-state index in [1.54, 1.807) is 0 Å². The highest BCUT2D eigenvalue weighted by atomic mass is 16.4. The van der Waals surface area contributed by atoms with Crippen molar-refractivity contribution in [2.75, 3.05) is 13.1 Å². The summed E-state index contributed by atoms with van der Waals surface area (Å²) in [5.74, 6) is -0.726. The average Bonchev–Trinajstić information content (AvgIpc) is 2.28. The topological polar surface area (TPSA) is 57.6 Å². The van der Waals surface area contributed by atoms with Crippen LogP contribution in [-0.4, -0.2) is 35.0 Å². The predicted octanol–water partition coefficient (Wildman–Crippen LogP) is 1.75. The molecule has 1 rings (SSSR count). The molecule has 0 aromatic heterocycles. The lowest BCUT2D eigenvalue weighted by Crippen LogP contribution is -2.42. The van der Waals surface area contributed by atoms with Crippen molar-refractivity contribution < 1.29 is 14.7 Å². The second-order valence-corrected chi connectivity index (χ2v) is 4.63. The number of carboxylic acid groups (broad SMARTS) is 1. The van der Waals surface area contributed by atoms with Gasteiger partial charge in [0.2, 0.25) is 5.91 Å². The maximum absolute atomic E-state index is 11.9. The van der Waals surface area contributed by atoms with Crippen LogP contribution in [0.1, 0.15) is 39.5 Å². The minimum atomic E-state index is -0.728. The Hall–Kier alpha value is -1.06. The van der Waals surface area contributed by atoms with Crippen molar-refractivity contribution in [1.82, 2.24) is 4.90 Å². The van der Waals surface area contributed by atoms with E-state index in [-0.39, 0.29) is 17.7 Å². The summed E-state index contributed by atoms with van der Waals surface area (Å²) in [6, 6.07) is 0. The van der Waals surface area contributed by atoms with Crippen LogP contribution in [0.3, 0.4) is 0 Å². The van der Waals surface area contributed by atoms with Gasteiger partial charge in [0.15, 0.2) is 0 Å². The lowest BCUT2D eigenvalue weighted by Gasteiger charge is -2.32. The lowest BCUT2D eigenvalue weighted by molar-refractivity contribution is -0.146. The third-order valence-electron chi connectivity index (χ3n) is 3.30. The molecule has 0 aromatic carbocycles. The molecule has 4 heteroatoms. The number of likely N-dealkylation sites (tertiary alicyclic amines) is 1. The smallest absolute Gasteiger partial charge is 0.306 e. The summed E-state index contributed by atoms with van der Waals surface area (Å²) in [5, 5.41) is 8.85. The van der Waals surface area contributed by atoms with Gasteiger partial charge in [-0.15, -0.1) is 0 Å². The molecule has 0 saturated carbocycles. The van der Waals surface area contributed by atoms with Crippen LogP contribution in [0.25, 0.3) is 0 Å². The van der Waals surface area contributed by atoms with Crippen LogP contribution in [0, 0.1) is 11.8 Å². The van der Waals surface area contributed by atoms with E-state index in [0.717, 1.165) is 12.8 Å². The Labute approximate surface area is 96.6 Å². The third kappa shape index (κ3) is 3.22. The fourth-order valence-electron chi connectivity index (χ4n) is 2.21. The summed E-state index contributed by atoms with van der Waals surface area (Å²) in [7, 11) is 0. The van der Waals surface area contributed by atoms with Gasteiger partial charge in [0.25, 0.3) is 0 Å². The number of carboxylic acids is 1. The highest BCUT2D eigenvalue weighted by Gasteiger charge is 2.28. The van der Waals surface area contributed by atoms with Gasteiger partial charge in [0, 0.05) is 19.0 Å². The summed E-state index contributed by atoms with van der Waals surface area (Å²) in [6.07, 6.45) is 3.12. The van der Waals surface area contributed by atoms with Gasteiger partial charge in [0.05, 0.1) is 5.92 Å². The standard InChI is InChI=1S/C12H21NO3/c1-3-4-9(2)11(14)13-7-5-10(6-8-13)12(15)16/h9-10H,3-8H2,1-2H3,(H,15,16). The van der Waals surface area contributed by atoms with Gasteiger partial charge in [-0.05, 0) is 19.3 Å². The number of amides is 1. The summed E-state index contributed by atoms with van der Waals surface area (Å²) in [5.41, 5.74) is 0. The first kappa shape index (κ1) is 13.0. The van der Waals surface area contributed by atoms with E-state index >= 15 is 0 Å². The van der Waals surface area contributed by atoms with E-state index in [4.69, 9.17) is 5.11 Å². The van der Waals surface area contributed by atoms with Crippen molar-refractivity contribution in [3.05, 3.63) is 0 Å². The molecule has 1 amide bonds. The van der Waals surface area contributed by atoms with Crippen molar-refractivity contribution in [1.29, 1.82) is 0 Å². The number of rotatable bonds is 4. The van der Waals surface area contributed by atoms with Crippen LogP contribution in [0.15, 0.2) is 0 Å². The number of piperidine rings is 1. The summed E-state index contributed by atoms with van der Waals surface area (Å²) >= 11 is 0. The average molecular weight is 227 g/mol. The van der Waals surface area contributed by atoms with Gasteiger partial charge >= 0.3 is 5.97 Å². The molecule has 1 N–H and O–H groups in total. The molecule has 1 fully saturated rings. The quantitative estimate of drug-likeness (QED) is 0.796. The normalized spacial score (nSPS) is 19.5. The Morgan fingerprint density at radius 3 is 2.38 bits per heavy atom. The summed E-state index contributed by atoms with van der Waals surface area (Å²) in [6.45, 7) is 5.23. The molecule has 0 aromatic rings. The molecular weight excluding hydrogens is 206 g/mol. The predicted molar refractivity (Wildman–Crippen MR) is 61.0 cm³/mol. The van der Waals surface area contributed by atoms with Gasteiger partial charge in [-0.2, -0.15) is 0 Å². The summed E-state index contributed by atoms with van der Waals surface area (Å²) in [4.78, 5) is 24.5. The van der Waals surface area contributed by atoms with Gasteiger partial charge in [-0.3, -0.25) is 9.59 Å². The minimum absolute atomic E-state index is 0.0754. The van der Waals surface area contributed by atoms with E-state index in [1.165, 1.54) is 0 Å². The van der Waals surface area contributed by atoms with Gasteiger partial charge in [-0.25, -0.2) is 0 Å². The van der Waals surface area contributed by atoms with E-state index in [9.17, 15) is 9.59 Å². The molecular formula is C12H21NO3. The maximum Gasteiger partial charge on any atom is 0.306 e. The van der Waals surface area contributed by atoms with E-state index in [2.05, 4.69) is 6.92 Å². The largest absolute Gasteiger partial charge is 0.481 e. The lowest BCUT2D eigenvalue weighted by atomic mass is 9.95. The Balaban J connectivity index is 2.41. The van der Waals surface area contributed by atoms with Gasteiger partial charge in [-0.1, -0.05) is 20.3 Å². The molecule has 0 bridgehead atoms. The number of carbonyl (C=O) groups excluding carboxylic acids is 1. The molecule has 0 spiro atoms. The van der Waals surface area contributed by atoms with Crippen molar-refractivity contribution in [2.45, 2.75) is 39.5 Å². The van der Waals surface area contributed by atoms with Crippen LogP contribution in [0.4, 0.5) is 0 Å². The van der Waals surface area contributed by atoms with Crippen LogP contribution < -0.4 is 0 Å². The molecule has 0 aliphatic carbocycles. The molecule has 1 unspecified atom stereocenters. The molecule has 1 heterocycles. The highest BCUT2D eigenvalue weighted by Crippen LogP contribution is 2.20. The van der Waals surface area contributed by atoms with Crippen LogP contribution >= 0.6 is 0 Å². The van der Waals surface area contributed by atoms with Crippen molar-refractivity contribution in [3.63, 3.8) is 0 Å². The van der Waals surface area contributed by atoms with Crippen molar-refractivity contribution >= 4 is 11.9 Å². The van der Waals surface area contributed by atoms with Crippen molar-refractivity contribution in [2.24, 2.45) is 11.8 Å². The van der Waals surface area contributed by atoms with E-state index in [0.29, 0.717) is 25.9 Å². The van der Waals surface area contributed by atoms with Gasteiger partial charge < -0.3 is 10.0 Å². The number of hydrogen-bond donors (Lipinski definition) is 1. The highest BCUT2D eigenvalue weighted by molar-refractivity contribution is 5.79. The zero-order chi connectivity index (χ0) is 12.1. The molecule has 0 radical (unpaired) electrons. The monoisotopic (exact) mass is 227 g/mol. The first-order chi connectivity index (χ1) is 7.56. The summed E-state index contributed by atoms with van der Waals surface area (Å²) < 4.78 is 0. The Kier molecular flexibility index (Phi) is 4.77. The molecule has 16 heavy (non-hydrogen) atoms. The third-order valence-corrected chi connectivity index (χ3v) is 3.30. The zero-order valence-electron chi connectivity index (χ0n) is 10.1. The SMILES string of the molecule is CCCC(C)C(=O)N1CCC(C(=O)O)CC1. The number of hydrogen-bond acceptors (Lipinski definition) is 2. The Morgan fingerprint density at radius 2 is 1.94 bits per heavy atom. The number of nitrogens with zero attached hydrogens (tertiary/aromatic N) is 1. The number of carbonyl (C=O) groups is 2. The van der Waals surface area contributed by atoms with E-state index in [1.807, 2.05) is 11.8 Å². The second kappa shape index (κ2) is 5.87. The van der Waals surface area contributed by atoms with Crippen LogP contribution in [0.2, 0.25) is 0 Å². The first-order valence-electron chi connectivity index (χ1n) is 6.07. The fourth-order valence-corrected chi connectivity index (χ4v) is 2.21. The molecule has 92 valence electrons. The first-order valence-corrected chi connectivity index (χ1v) is 6.07. The Morgan fingerprint density at radius 1 is 1.38 bits per heavy atom. The minimum Gasteiger partial charge on any atom is -0.481 e. The molecule has 1 atom stereocenters. The zero-order valence-corrected chi connectivity index (χ0v) is 10.1. The van der Waals surface area contributed by atoms with Crippen LogP contribution in [0.5, 0.6) is 0 Å². The maximum atomic E-state index is 11.9.